The van der Waals surface area contributed by atoms with Crippen molar-refractivity contribution in [3.63, 3.8) is 0 Å². The van der Waals surface area contributed by atoms with Gasteiger partial charge in [-0.05, 0) is 27.9 Å². The molecular formula is C11H14BrClN2O. The number of alkyl halides is 1. The van der Waals surface area contributed by atoms with Gasteiger partial charge in [0, 0.05) is 23.4 Å². The number of nitrogens with one attached hydrogen (secondary N) is 1. The van der Waals surface area contributed by atoms with Crippen molar-refractivity contribution in [3.8, 4) is 0 Å². The molecule has 0 aliphatic rings. The predicted octanol–water partition coefficient (Wildman–Crippen LogP) is 2.84. The van der Waals surface area contributed by atoms with Gasteiger partial charge in [0.25, 0.3) is 5.91 Å². The summed E-state index contributed by atoms with van der Waals surface area (Å²) < 4.78 is 0.784. The number of pyridine rings is 1. The van der Waals surface area contributed by atoms with Crippen LogP contribution < -0.4 is 5.32 Å². The molecule has 1 amide bonds. The Labute approximate surface area is 109 Å². The normalized spacial score (nSPS) is 12.6. The van der Waals surface area contributed by atoms with Crippen LogP contribution in [0.2, 0.25) is 0 Å². The van der Waals surface area contributed by atoms with Gasteiger partial charge in [0.05, 0.1) is 10.9 Å². The third kappa shape index (κ3) is 4.10. The highest BCUT2D eigenvalue weighted by molar-refractivity contribution is 9.10. The Morgan fingerprint density at radius 1 is 1.56 bits per heavy atom. The first-order valence-corrected chi connectivity index (χ1v) is 6.26. The van der Waals surface area contributed by atoms with Gasteiger partial charge >= 0.3 is 0 Å². The molecule has 0 aliphatic heterocycles. The molecule has 0 radical (unpaired) electrons. The van der Waals surface area contributed by atoms with Crippen molar-refractivity contribution in [2.24, 2.45) is 5.92 Å². The fourth-order valence-corrected chi connectivity index (χ4v) is 1.51. The average molecular weight is 306 g/mol. The smallest absolute Gasteiger partial charge is 0.252 e. The van der Waals surface area contributed by atoms with Crippen LogP contribution in [0.3, 0.4) is 0 Å². The minimum absolute atomic E-state index is 0.0518. The summed E-state index contributed by atoms with van der Waals surface area (Å²) in [5.74, 6) is 0.183. The lowest BCUT2D eigenvalue weighted by Gasteiger charge is -2.13. The Morgan fingerprint density at radius 2 is 2.25 bits per heavy atom. The van der Waals surface area contributed by atoms with Crippen molar-refractivity contribution < 1.29 is 4.79 Å². The molecule has 0 spiro atoms. The first-order valence-electron chi connectivity index (χ1n) is 5.03. The van der Waals surface area contributed by atoms with Crippen molar-refractivity contribution in [2.75, 3.05) is 6.54 Å². The molecule has 1 rings (SSSR count). The zero-order valence-electron chi connectivity index (χ0n) is 9.21. The molecule has 0 bridgehead atoms. The van der Waals surface area contributed by atoms with E-state index in [1.165, 1.54) is 6.20 Å². The molecule has 16 heavy (non-hydrogen) atoms. The molecule has 0 fully saturated rings. The van der Waals surface area contributed by atoms with E-state index in [2.05, 4.69) is 26.2 Å². The standard InChI is InChI=1S/C11H14BrClN2O/c1-7(2)10(13)6-15-11(16)8-3-9(12)5-14-4-8/h3-5,7,10H,6H2,1-2H3,(H,15,16). The quantitative estimate of drug-likeness (QED) is 0.869. The Hall–Kier alpha value is -0.610. The second kappa shape index (κ2) is 6.21. The van der Waals surface area contributed by atoms with Crippen molar-refractivity contribution >= 4 is 33.4 Å². The molecule has 1 aromatic rings. The molecule has 0 aromatic carbocycles. The van der Waals surface area contributed by atoms with Gasteiger partial charge in [0.1, 0.15) is 0 Å². The molecule has 0 saturated heterocycles. The van der Waals surface area contributed by atoms with Crippen LogP contribution in [0.1, 0.15) is 24.2 Å². The Bertz CT molecular complexity index is 371. The number of aromatic nitrogens is 1. The van der Waals surface area contributed by atoms with Gasteiger partial charge in [-0.25, -0.2) is 0 Å². The van der Waals surface area contributed by atoms with Gasteiger partial charge < -0.3 is 5.32 Å². The number of carbonyl (C=O) groups is 1. The van der Waals surface area contributed by atoms with Crippen molar-refractivity contribution in [3.05, 3.63) is 28.5 Å². The summed E-state index contributed by atoms with van der Waals surface area (Å²) in [6.07, 6.45) is 3.16. The third-order valence-corrected chi connectivity index (χ3v) is 3.24. The van der Waals surface area contributed by atoms with E-state index in [0.29, 0.717) is 18.0 Å². The summed E-state index contributed by atoms with van der Waals surface area (Å²) >= 11 is 9.30. The molecule has 0 aliphatic carbocycles. The molecule has 1 aromatic heterocycles. The fourth-order valence-electron chi connectivity index (χ4n) is 1.06. The first-order chi connectivity index (χ1) is 7.50. The van der Waals surface area contributed by atoms with E-state index < -0.39 is 0 Å². The number of rotatable bonds is 4. The van der Waals surface area contributed by atoms with Gasteiger partial charge in [-0.2, -0.15) is 0 Å². The number of nitrogens with zero attached hydrogens (tertiary/aromatic N) is 1. The summed E-state index contributed by atoms with van der Waals surface area (Å²) in [5, 5.41) is 2.72. The molecule has 1 heterocycles. The zero-order valence-corrected chi connectivity index (χ0v) is 11.5. The molecule has 5 heteroatoms. The molecule has 3 nitrogen and oxygen atoms in total. The van der Waals surface area contributed by atoms with E-state index in [4.69, 9.17) is 11.6 Å². The lowest BCUT2D eigenvalue weighted by molar-refractivity contribution is 0.0952. The van der Waals surface area contributed by atoms with E-state index in [-0.39, 0.29) is 11.3 Å². The number of amides is 1. The maximum Gasteiger partial charge on any atom is 0.252 e. The van der Waals surface area contributed by atoms with Crippen LogP contribution in [0.4, 0.5) is 0 Å². The maximum absolute atomic E-state index is 11.7. The lowest BCUT2D eigenvalue weighted by Crippen LogP contribution is -2.32. The summed E-state index contributed by atoms with van der Waals surface area (Å²) in [7, 11) is 0. The lowest BCUT2D eigenvalue weighted by atomic mass is 10.1. The number of carbonyl (C=O) groups excluding carboxylic acids is 1. The van der Waals surface area contributed by atoms with E-state index in [1.807, 2.05) is 13.8 Å². The monoisotopic (exact) mass is 304 g/mol. The van der Waals surface area contributed by atoms with Gasteiger partial charge in [-0.1, -0.05) is 13.8 Å². The van der Waals surface area contributed by atoms with Crippen LogP contribution in [0, 0.1) is 5.92 Å². The second-order valence-electron chi connectivity index (χ2n) is 3.86. The van der Waals surface area contributed by atoms with Crippen LogP contribution in [-0.2, 0) is 0 Å². The van der Waals surface area contributed by atoms with Gasteiger partial charge in [-0.15, -0.1) is 11.6 Å². The minimum atomic E-state index is -0.153. The molecule has 1 unspecified atom stereocenters. The van der Waals surface area contributed by atoms with Crippen LogP contribution in [0.25, 0.3) is 0 Å². The molecular weight excluding hydrogens is 291 g/mol. The van der Waals surface area contributed by atoms with Crippen LogP contribution in [0.15, 0.2) is 22.9 Å². The molecule has 1 atom stereocenters. The molecule has 1 N–H and O–H groups in total. The molecule has 0 saturated carbocycles. The Kier molecular flexibility index (Phi) is 5.22. The van der Waals surface area contributed by atoms with Gasteiger partial charge in [0.2, 0.25) is 0 Å². The van der Waals surface area contributed by atoms with Crippen LogP contribution in [0.5, 0.6) is 0 Å². The summed E-state index contributed by atoms with van der Waals surface area (Å²) in [6.45, 7) is 4.50. The van der Waals surface area contributed by atoms with Gasteiger partial charge in [-0.3, -0.25) is 9.78 Å². The second-order valence-corrected chi connectivity index (χ2v) is 5.34. The van der Waals surface area contributed by atoms with E-state index >= 15 is 0 Å². The minimum Gasteiger partial charge on any atom is -0.350 e. The zero-order chi connectivity index (χ0) is 12.1. The topological polar surface area (TPSA) is 42.0 Å². The highest BCUT2D eigenvalue weighted by Crippen LogP contribution is 2.10. The van der Waals surface area contributed by atoms with Gasteiger partial charge in [0.15, 0.2) is 0 Å². The van der Waals surface area contributed by atoms with Crippen molar-refractivity contribution in [2.45, 2.75) is 19.2 Å². The van der Waals surface area contributed by atoms with Crippen molar-refractivity contribution in [1.82, 2.24) is 10.3 Å². The maximum atomic E-state index is 11.7. The largest absolute Gasteiger partial charge is 0.350 e. The SMILES string of the molecule is CC(C)C(Cl)CNC(=O)c1cncc(Br)c1. The molecule has 88 valence electrons. The Balaban J connectivity index is 2.53. The number of hydrogen-bond acceptors (Lipinski definition) is 2. The average Bonchev–Trinajstić information content (AvgIpc) is 2.25. The van der Waals surface area contributed by atoms with Crippen LogP contribution >= 0.6 is 27.5 Å². The summed E-state index contributed by atoms with van der Waals surface area (Å²) in [5.41, 5.74) is 0.530. The third-order valence-electron chi connectivity index (χ3n) is 2.15. The number of halogens is 2. The fraction of sp³-hybridized carbons (Fsp3) is 0.455. The van der Waals surface area contributed by atoms with E-state index in [9.17, 15) is 4.79 Å². The highest BCUT2D eigenvalue weighted by Gasteiger charge is 2.12. The van der Waals surface area contributed by atoms with E-state index in [0.717, 1.165) is 4.47 Å². The Morgan fingerprint density at radius 3 is 2.81 bits per heavy atom. The van der Waals surface area contributed by atoms with E-state index in [1.54, 1.807) is 12.3 Å². The first kappa shape index (κ1) is 13.5. The van der Waals surface area contributed by atoms with Crippen LogP contribution in [-0.4, -0.2) is 22.8 Å². The van der Waals surface area contributed by atoms with Crippen molar-refractivity contribution in [1.29, 1.82) is 0 Å². The number of hydrogen-bond donors (Lipinski definition) is 1. The highest BCUT2D eigenvalue weighted by atomic mass is 79.9. The summed E-state index contributed by atoms with van der Waals surface area (Å²) in [4.78, 5) is 15.6. The summed E-state index contributed by atoms with van der Waals surface area (Å²) in [6, 6.07) is 1.72. The predicted molar refractivity (Wildman–Crippen MR) is 68.7 cm³/mol.